The van der Waals surface area contributed by atoms with E-state index in [9.17, 15) is 9.90 Å². The van der Waals surface area contributed by atoms with Crippen molar-refractivity contribution in [2.24, 2.45) is 0 Å². The average Bonchev–Trinajstić information content (AvgIpc) is 2.99. The van der Waals surface area contributed by atoms with E-state index in [0.29, 0.717) is 5.75 Å². The lowest BCUT2D eigenvalue weighted by Gasteiger charge is -2.22. The summed E-state index contributed by atoms with van der Waals surface area (Å²) >= 11 is 2.97. The minimum Gasteiger partial charge on any atom is -0.383 e. The standard InChI is InChI=1S/C15H17NO2S2/c1-15(18,13-8-5-9-19-13)11-16-14(17)10-20-12-6-3-2-4-7-12/h2-9,18H,10-11H2,1H3,(H,16,17). The van der Waals surface area contributed by atoms with E-state index in [1.165, 1.54) is 23.1 Å². The smallest absolute Gasteiger partial charge is 0.230 e. The number of amides is 1. The Labute approximate surface area is 127 Å². The highest BCUT2D eigenvalue weighted by Crippen LogP contribution is 2.24. The van der Waals surface area contributed by atoms with Crippen LogP contribution in [0.1, 0.15) is 11.8 Å². The molecule has 2 rings (SSSR count). The highest BCUT2D eigenvalue weighted by molar-refractivity contribution is 8.00. The molecule has 0 bridgehead atoms. The van der Waals surface area contributed by atoms with Crippen LogP contribution in [0.4, 0.5) is 0 Å². The van der Waals surface area contributed by atoms with Crippen LogP contribution in [-0.2, 0) is 10.4 Å². The molecule has 0 fully saturated rings. The maximum atomic E-state index is 11.8. The molecule has 20 heavy (non-hydrogen) atoms. The zero-order valence-corrected chi connectivity index (χ0v) is 12.8. The van der Waals surface area contributed by atoms with Crippen molar-refractivity contribution in [1.29, 1.82) is 0 Å². The second-order valence-electron chi connectivity index (χ2n) is 4.63. The maximum Gasteiger partial charge on any atom is 0.230 e. The molecule has 0 saturated carbocycles. The fraction of sp³-hybridized carbons (Fsp3) is 0.267. The summed E-state index contributed by atoms with van der Waals surface area (Å²) in [5, 5.41) is 15.0. The van der Waals surface area contributed by atoms with Gasteiger partial charge >= 0.3 is 0 Å². The minimum atomic E-state index is -1.01. The van der Waals surface area contributed by atoms with Gasteiger partial charge in [0.05, 0.1) is 12.3 Å². The number of aliphatic hydroxyl groups is 1. The first-order valence-corrected chi connectivity index (χ1v) is 8.15. The van der Waals surface area contributed by atoms with Crippen LogP contribution in [0, 0.1) is 0 Å². The van der Waals surface area contributed by atoms with Crippen LogP contribution >= 0.6 is 23.1 Å². The third-order valence-electron chi connectivity index (χ3n) is 2.79. The number of hydrogen-bond acceptors (Lipinski definition) is 4. The molecule has 1 unspecified atom stereocenters. The highest BCUT2D eigenvalue weighted by atomic mass is 32.2. The van der Waals surface area contributed by atoms with Gasteiger partial charge in [-0.15, -0.1) is 23.1 Å². The van der Waals surface area contributed by atoms with Crippen molar-refractivity contribution in [2.75, 3.05) is 12.3 Å². The van der Waals surface area contributed by atoms with Gasteiger partial charge in [0.1, 0.15) is 5.60 Å². The Balaban J connectivity index is 1.78. The van der Waals surface area contributed by atoms with Gasteiger partial charge in [0, 0.05) is 9.77 Å². The van der Waals surface area contributed by atoms with Gasteiger partial charge in [-0.1, -0.05) is 24.3 Å². The quantitative estimate of drug-likeness (QED) is 0.807. The molecule has 0 aliphatic rings. The molecular weight excluding hydrogens is 290 g/mol. The Morgan fingerprint density at radius 3 is 2.70 bits per heavy atom. The molecule has 1 aromatic carbocycles. The Bertz CT molecular complexity index is 538. The third-order valence-corrected chi connectivity index (χ3v) is 4.93. The topological polar surface area (TPSA) is 49.3 Å². The van der Waals surface area contributed by atoms with Crippen LogP contribution in [0.3, 0.4) is 0 Å². The number of carbonyl (C=O) groups excluding carboxylic acids is 1. The number of thiophene rings is 1. The van der Waals surface area contributed by atoms with E-state index in [-0.39, 0.29) is 12.5 Å². The summed E-state index contributed by atoms with van der Waals surface area (Å²) in [6.45, 7) is 1.94. The second-order valence-corrected chi connectivity index (χ2v) is 6.63. The maximum absolute atomic E-state index is 11.8. The van der Waals surface area contributed by atoms with Crippen molar-refractivity contribution in [3.8, 4) is 0 Å². The summed E-state index contributed by atoms with van der Waals surface area (Å²) in [7, 11) is 0. The largest absolute Gasteiger partial charge is 0.383 e. The average molecular weight is 307 g/mol. The van der Waals surface area contributed by atoms with E-state index >= 15 is 0 Å². The Morgan fingerprint density at radius 1 is 1.30 bits per heavy atom. The summed E-state index contributed by atoms with van der Waals surface area (Å²) < 4.78 is 0. The summed E-state index contributed by atoms with van der Waals surface area (Å²) in [6, 6.07) is 13.5. The molecule has 0 aliphatic heterocycles. The first-order valence-electron chi connectivity index (χ1n) is 6.29. The summed E-state index contributed by atoms with van der Waals surface area (Å²) in [5.41, 5.74) is -1.01. The van der Waals surface area contributed by atoms with E-state index in [2.05, 4.69) is 5.32 Å². The fourth-order valence-corrected chi connectivity index (χ4v) is 3.20. The van der Waals surface area contributed by atoms with Crippen LogP contribution in [0.5, 0.6) is 0 Å². The molecule has 1 aromatic heterocycles. The molecule has 5 heteroatoms. The van der Waals surface area contributed by atoms with Gasteiger partial charge in [-0.25, -0.2) is 0 Å². The molecular formula is C15H17NO2S2. The molecule has 0 spiro atoms. The number of thioether (sulfide) groups is 1. The van der Waals surface area contributed by atoms with Crippen molar-refractivity contribution in [3.63, 3.8) is 0 Å². The van der Waals surface area contributed by atoms with Crippen molar-refractivity contribution in [3.05, 3.63) is 52.7 Å². The molecule has 1 amide bonds. The SMILES string of the molecule is CC(O)(CNC(=O)CSc1ccccc1)c1cccs1. The second kappa shape index (κ2) is 6.92. The van der Waals surface area contributed by atoms with E-state index < -0.39 is 5.60 Å². The number of nitrogens with one attached hydrogen (secondary N) is 1. The van der Waals surface area contributed by atoms with Gasteiger partial charge in [-0.05, 0) is 30.5 Å². The highest BCUT2D eigenvalue weighted by Gasteiger charge is 2.24. The lowest BCUT2D eigenvalue weighted by Crippen LogP contribution is -2.38. The predicted octanol–water partition coefficient (Wildman–Crippen LogP) is 2.86. The Hall–Kier alpha value is -1.30. The predicted molar refractivity (Wildman–Crippen MR) is 84.1 cm³/mol. The van der Waals surface area contributed by atoms with Crippen LogP contribution in [0.25, 0.3) is 0 Å². The zero-order chi connectivity index (χ0) is 14.4. The number of rotatable bonds is 6. The minimum absolute atomic E-state index is 0.0734. The molecule has 106 valence electrons. The van der Waals surface area contributed by atoms with Crippen LogP contribution in [0.2, 0.25) is 0 Å². The van der Waals surface area contributed by atoms with E-state index in [1.807, 2.05) is 47.8 Å². The van der Waals surface area contributed by atoms with Gasteiger partial charge in [-0.2, -0.15) is 0 Å². The third kappa shape index (κ3) is 4.37. The molecule has 1 atom stereocenters. The van der Waals surface area contributed by atoms with Gasteiger partial charge < -0.3 is 10.4 Å². The van der Waals surface area contributed by atoms with Gasteiger partial charge in [-0.3, -0.25) is 4.79 Å². The normalized spacial score (nSPS) is 13.7. The van der Waals surface area contributed by atoms with Crippen molar-refractivity contribution < 1.29 is 9.90 Å². The number of carbonyl (C=O) groups is 1. The van der Waals surface area contributed by atoms with Gasteiger partial charge in [0.15, 0.2) is 0 Å². The first kappa shape index (κ1) is 15.1. The van der Waals surface area contributed by atoms with Gasteiger partial charge in [0.25, 0.3) is 0 Å². The molecule has 2 N–H and O–H groups in total. The van der Waals surface area contributed by atoms with Crippen molar-refractivity contribution in [2.45, 2.75) is 17.4 Å². The lowest BCUT2D eigenvalue weighted by atomic mass is 10.1. The van der Waals surface area contributed by atoms with E-state index in [4.69, 9.17) is 0 Å². The molecule has 3 nitrogen and oxygen atoms in total. The van der Waals surface area contributed by atoms with Crippen LogP contribution < -0.4 is 5.32 Å². The molecule has 0 saturated heterocycles. The molecule has 1 heterocycles. The van der Waals surface area contributed by atoms with Crippen LogP contribution in [-0.4, -0.2) is 23.3 Å². The monoisotopic (exact) mass is 307 g/mol. The van der Waals surface area contributed by atoms with Crippen molar-refractivity contribution in [1.82, 2.24) is 5.32 Å². The fourth-order valence-electron chi connectivity index (χ4n) is 1.66. The first-order chi connectivity index (χ1) is 9.58. The Kier molecular flexibility index (Phi) is 5.23. The summed E-state index contributed by atoms with van der Waals surface area (Å²) in [4.78, 5) is 13.7. The number of hydrogen-bond donors (Lipinski definition) is 2. The zero-order valence-electron chi connectivity index (χ0n) is 11.2. The molecule has 2 aromatic rings. The van der Waals surface area contributed by atoms with E-state index in [0.717, 1.165) is 9.77 Å². The molecule has 0 radical (unpaired) electrons. The van der Waals surface area contributed by atoms with Gasteiger partial charge in [0.2, 0.25) is 5.91 Å². The van der Waals surface area contributed by atoms with E-state index in [1.54, 1.807) is 6.92 Å². The Morgan fingerprint density at radius 2 is 2.05 bits per heavy atom. The number of benzene rings is 1. The van der Waals surface area contributed by atoms with Crippen LogP contribution in [0.15, 0.2) is 52.7 Å². The summed E-state index contributed by atoms with van der Waals surface area (Å²) in [5.74, 6) is 0.278. The van der Waals surface area contributed by atoms with Crippen molar-refractivity contribution >= 4 is 29.0 Å². The molecule has 0 aliphatic carbocycles. The lowest BCUT2D eigenvalue weighted by molar-refractivity contribution is -0.119. The summed E-state index contributed by atoms with van der Waals surface area (Å²) in [6.07, 6.45) is 0.